The fourth-order valence-electron chi connectivity index (χ4n) is 2.39. The topological polar surface area (TPSA) is 92.3 Å². The Bertz CT molecular complexity index is 1000. The van der Waals surface area contributed by atoms with E-state index in [2.05, 4.69) is 4.98 Å². The first-order chi connectivity index (χ1) is 11.6. The van der Waals surface area contributed by atoms with Crippen LogP contribution in [0.25, 0.3) is 5.65 Å². The highest BCUT2D eigenvalue weighted by atomic mass is 16.7. The number of rotatable bonds is 3. The summed E-state index contributed by atoms with van der Waals surface area (Å²) < 4.78 is 21.9. The van der Waals surface area contributed by atoms with E-state index >= 15 is 0 Å². The van der Waals surface area contributed by atoms with Gasteiger partial charge in [0.15, 0.2) is 17.1 Å². The molecule has 1 aliphatic heterocycles. The van der Waals surface area contributed by atoms with Gasteiger partial charge in [-0.15, -0.1) is 4.57 Å². The molecular weight excluding hydrogens is 316 g/mol. The zero-order chi connectivity index (χ0) is 16.7. The SMILES string of the molecule is Cc1cc2nc(COC(=O)c3ccc4c(c3)OCO4)cc(=O)n2o1. The number of benzene rings is 1. The van der Waals surface area contributed by atoms with Crippen LogP contribution in [0.3, 0.4) is 0 Å². The maximum atomic E-state index is 12.1. The van der Waals surface area contributed by atoms with E-state index in [-0.39, 0.29) is 19.0 Å². The molecule has 4 rings (SSSR count). The summed E-state index contributed by atoms with van der Waals surface area (Å²) in [4.78, 5) is 28.3. The van der Waals surface area contributed by atoms with E-state index in [0.717, 1.165) is 4.57 Å². The summed E-state index contributed by atoms with van der Waals surface area (Å²) >= 11 is 0. The second kappa shape index (κ2) is 5.41. The standard InChI is InChI=1S/C16H12N2O6/c1-9-4-14-17-11(6-15(19)18(14)24-9)7-21-16(20)10-2-3-12-13(5-10)23-8-22-12/h2-6H,7-8H2,1H3. The normalized spacial score (nSPS) is 12.5. The van der Waals surface area contributed by atoms with Crippen molar-refractivity contribution in [1.82, 2.24) is 9.56 Å². The Morgan fingerprint density at radius 1 is 1.25 bits per heavy atom. The molecule has 1 aliphatic rings. The Morgan fingerprint density at radius 3 is 2.96 bits per heavy atom. The average molecular weight is 328 g/mol. The minimum atomic E-state index is -0.543. The van der Waals surface area contributed by atoms with Crippen molar-refractivity contribution in [1.29, 1.82) is 0 Å². The Kier molecular flexibility index (Phi) is 3.23. The number of fused-ring (bicyclic) bond motifs is 2. The molecule has 0 saturated heterocycles. The van der Waals surface area contributed by atoms with Gasteiger partial charge in [-0.3, -0.25) is 4.79 Å². The molecule has 0 aliphatic carbocycles. The van der Waals surface area contributed by atoms with Crippen LogP contribution in [0.5, 0.6) is 11.5 Å². The first-order valence-electron chi connectivity index (χ1n) is 7.16. The molecule has 3 heterocycles. The third-order valence-electron chi connectivity index (χ3n) is 3.48. The lowest BCUT2D eigenvalue weighted by atomic mass is 10.2. The van der Waals surface area contributed by atoms with Gasteiger partial charge in [0.2, 0.25) is 6.79 Å². The van der Waals surface area contributed by atoms with Crippen LogP contribution in [-0.4, -0.2) is 22.3 Å². The smallest absolute Gasteiger partial charge is 0.338 e. The zero-order valence-corrected chi connectivity index (χ0v) is 12.6. The third-order valence-corrected chi connectivity index (χ3v) is 3.48. The number of hydrogen-bond acceptors (Lipinski definition) is 7. The van der Waals surface area contributed by atoms with Gasteiger partial charge >= 0.3 is 5.97 Å². The molecule has 0 unspecified atom stereocenters. The summed E-state index contributed by atoms with van der Waals surface area (Å²) in [6, 6.07) is 7.67. The second-order valence-corrected chi connectivity index (χ2v) is 5.23. The monoisotopic (exact) mass is 328 g/mol. The molecule has 0 bridgehead atoms. The van der Waals surface area contributed by atoms with Crippen molar-refractivity contribution in [3.8, 4) is 11.5 Å². The number of carbonyl (C=O) groups is 1. The molecule has 0 saturated carbocycles. The first-order valence-corrected chi connectivity index (χ1v) is 7.16. The van der Waals surface area contributed by atoms with Crippen molar-refractivity contribution in [3.63, 3.8) is 0 Å². The molecule has 8 heteroatoms. The lowest BCUT2D eigenvalue weighted by molar-refractivity contribution is 0.0467. The summed E-state index contributed by atoms with van der Waals surface area (Å²) in [5.74, 6) is 1.10. The van der Waals surface area contributed by atoms with Crippen molar-refractivity contribution in [2.45, 2.75) is 13.5 Å². The van der Waals surface area contributed by atoms with E-state index in [9.17, 15) is 9.59 Å². The molecule has 122 valence electrons. The van der Waals surface area contributed by atoms with Crippen LogP contribution in [0, 0.1) is 6.92 Å². The zero-order valence-electron chi connectivity index (χ0n) is 12.6. The van der Waals surface area contributed by atoms with Gasteiger partial charge in [0.05, 0.1) is 11.3 Å². The van der Waals surface area contributed by atoms with Crippen LogP contribution in [-0.2, 0) is 11.3 Å². The molecule has 2 aromatic heterocycles. The largest absolute Gasteiger partial charge is 0.456 e. The van der Waals surface area contributed by atoms with Gasteiger partial charge in [0.1, 0.15) is 12.4 Å². The Morgan fingerprint density at radius 2 is 2.08 bits per heavy atom. The predicted molar refractivity (Wildman–Crippen MR) is 80.1 cm³/mol. The third kappa shape index (κ3) is 2.47. The highest BCUT2D eigenvalue weighted by Crippen LogP contribution is 2.32. The van der Waals surface area contributed by atoms with Gasteiger partial charge < -0.3 is 18.7 Å². The molecule has 3 aromatic rings. The molecule has 0 amide bonds. The fraction of sp³-hybridized carbons (Fsp3) is 0.188. The number of nitrogens with zero attached hydrogens (tertiary/aromatic N) is 2. The highest BCUT2D eigenvalue weighted by molar-refractivity contribution is 5.90. The van der Waals surface area contributed by atoms with Gasteiger partial charge in [-0.05, 0) is 25.1 Å². The van der Waals surface area contributed by atoms with Crippen LogP contribution < -0.4 is 15.0 Å². The average Bonchev–Trinajstić information content (AvgIpc) is 3.17. The van der Waals surface area contributed by atoms with Crippen molar-refractivity contribution in [3.05, 3.63) is 57.7 Å². The van der Waals surface area contributed by atoms with Crippen molar-refractivity contribution >= 4 is 11.6 Å². The maximum Gasteiger partial charge on any atom is 0.338 e. The first kappa shape index (κ1) is 14.3. The van der Waals surface area contributed by atoms with Gasteiger partial charge in [0.25, 0.3) is 5.56 Å². The lowest BCUT2D eigenvalue weighted by Crippen LogP contribution is -2.15. The number of hydrogen-bond donors (Lipinski definition) is 0. The number of carbonyl (C=O) groups excluding carboxylic acids is 1. The molecule has 8 nitrogen and oxygen atoms in total. The van der Waals surface area contributed by atoms with Crippen LogP contribution in [0.15, 0.2) is 39.6 Å². The molecular formula is C16H12N2O6. The van der Waals surface area contributed by atoms with Crippen molar-refractivity contribution in [2.75, 3.05) is 6.79 Å². The molecule has 0 fully saturated rings. The Hall–Kier alpha value is -3.29. The number of aromatic nitrogens is 2. The summed E-state index contributed by atoms with van der Waals surface area (Å²) in [7, 11) is 0. The molecule has 24 heavy (non-hydrogen) atoms. The predicted octanol–water partition coefficient (Wildman–Crippen LogP) is 1.68. The highest BCUT2D eigenvalue weighted by Gasteiger charge is 2.17. The number of ether oxygens (including phenoxy) is 3. The number of esters is 1. The van der Waals surface area contributed by atoms with Crippen molar-refractivity contribution in [2.24, 2.45) is 0 Å². The lowest BCUT2D eigenvalue weighted by Gasteiger charge is -2.05. The quantitative estimate of drug-likeness (QED) is 0.675. The second-order valence-electron chi connectivity index (χ2n) is 5.23. The molecule has 0 N–H and O–H groups in total. The van der Waals surface area contributed by atoms with Crippen LogP contribution in [0.2, 0.25) is 0 Å². The summed E-state index contributed by atoms with van der Waals surface area (Å²) in [6.45, 7) is 1.72. The molecule has 0 atom stereocenters. The van der Waals surface area contributed by atoms with E-state index in [1.165, 1.54) is 6.07 Å². The molecule has 0 spiro atoms. The van der Waals surface area contributed by atoms with Crippen LogP contribution >= 0.6 is 0 Å². The molecule has 0 radical (unpaired) electrons. The maximum absolute atomic E-state index is 12.1. The Labute approximate surface area is 135 Å². The van der Waals surface area contributed by atoms with E-state index in [0.29, 0.717) is 34.2 Å². The van der Waals surface area contributed by atoms with E-state index < -0.39 is 5.97 Å². The molecule has 1 aromatic carbocycles. The van der Waals surface area contributed by atoms with E-state index in [1.54, 1.807) is 31.2 Å². The van der Waals surface area contributed by atoms with Crippen LogP contribution in [0.1, 0.15) is 21.8 Å². The minimum absolute atomic E-state index is 0.122. The minimum Gasteiger partial charge on any atom is -0.456 e. The fourth-order valence-corrected chi connectivity index (χ4v) is 2.39. The summed E-state index contributed by atoms with van der Waals surface area (Å²) in [6.07, 6.45) is 0. The Balaban J connectivity index is 1.52. The number of aryl methyl sites for hydroxylation is 1. The van der Waals surface area contributed by atoms with Crippen LogP contribution in [0.4, 0.5) is 0 Å². The van der Waals surface area contributed by atoms with E-state index in [1.807, 2.05) is 0 Å². The van der Waals surface area contributed by atoms with Gasteiger partial charge in [0, 0.05) is 12.1 Å². The van der Waals surface area contributed by atoms with Crippen molar-refractivity contribution < 1.29 is 23.5 Å². The summed E-state index contributed by atoms with van der Waals surface area (Å²) in [5.41, 5.74) is 0.669. The van der Waals surface area contributed by atoms with E-state index in [4.69, 9.17) is 18.7 Å². The van der Waals surface area contributed by atoms with Gasteiger partial charge in [-0.25, -0.2) is 9.78 Å². The summed E-state index contributed by atoms with van der Waals surface area (Å²) in [5, 5.41) is 0. The van der Waals surface area contributed by atoms with Gasteiger partial charge in [-0.1, -0.05) is 0 Å². The van der Waals surface area contributed by atoms with Gasteiger partial charge in [-0.2, -0.15) is 0 Å².